The molecule has 1 aromatic rings. The molecule has 104 valence electrons. The van der Waals surface area contributed by atoms with Gasteiger partial charge in [-0.3, -0.25) is 14.4 Å². The van der Waals surface area contributed by atoms with Crippen molar-refractivity contribution in [2.24, 2.45) is 0 Å². The molecule has 0 saturated carbocycles. The fourth-order valence-corrected chi connectivity index (χ4v) is 2.69. The highest BCUT2D eigenvalue weighted by atomic mass is 35.5. The van der Waals surface area contributed by atoms with Crippen molar-refractivity contribution >= 4 is 40.6 Å². The van der Waals surface area contributed by atoms with Gasteiger partial charge in [0.25, 0.3) is 11.7 Å². The summed E-state index contributed by atoms with van der Waals surface area (Å²) in [4.78, 5) is 36.3. The van der Waals surface area contributed by atoms with Crippen LogP contribution >= 0.6 is 11.6 Å². The number of rotatable bonds is 1. The average molecular weight is 294 g/mol. The summed E-state index contributed by atoms with van der Waals surface area (Å²) in [7, 11) is 0. The van der Waals surface area contributed by atoms with Gasteiger partial charge in [-0.2, -0.15) is 0 Å². The molecule has 0 aliphatic carbocycles. The summed E-state index contributed by atoms with van der Waals surface area (Å²) in [5.74, 6) is -1.20. The highest BCUT2D eigenvalue weighted by molar-refractivity contribution is 6.52. The minimum atomic E-state index is -0.638. The first-order chi connectivity index (χ1) is 9.56. The minimum absolute atomic E-state index is 0.00765. The van der Waals surface area contributed by atoms with Crippen LogP contribution in [0.4, 0.5) is 11.4 Å². The van der Waals surface area contributed by atoms with Crippen LogP contribution in [-0.2, 0) is 9.59 Å². The van der Waals surface area contributed by atoms with Crippen molar-refractivity contribution in [2.45, 2.75) is 6.42 Å². The molecule has 2 aliphatic heterocycles. The molecule has 3 rings (SSSR count). The lowest BCUT2D eigenvalue weighted by Gasteiger charge is -2.23. The second-order valence-electron chi connectivity index (χ2n) is 4.72. The van der Waals surface area contributed by atoms with Crippen LogP contribution in [0, 0.1) is 0 Å². The molecule has 0 radical (unpaired) electrons. The molecule has 20 heavy (non-hydrogen) atoms. The van der Waals surface area contributed by atoms with Crippen LogP contribution < -0.4 is 15.5 Å². The Hall–Kier alpha value is -2.08. The number of Topliss-reactive ketones (excluding diaryl/α,β-unsaturated/α-hetero) is 1. The third-order valence-electron chi connectivity index (χ3n) is 3.44. The van der Waals surface area contributed by atoms with E-state index in [4.69, 9.17) is 11.6 Å². The maximum Gasteiger partial charge on any atom is 0.296 e. The monoisotopic (exact) mass is 293 g/mol. The number of fused-ring (bicyclic) bond motifs is 1. The predicted molar refractivity (Wildman–Crippen MR) is 74.3 cm³/mol. The van der Waals surface area contributed by atoms with Crippen LogP contribution in [0.5, 0.6) is 0 Å². The zero-order valence-corrected chi connectivity index (χ0v) is 11.3. The minimum Gasteiger partial charge on any atom is -0.368 e. The van der Waals surface area contributed by atoms with Crippen molar-refractivity contribution in [2.75, 3.05) is 29.9 Å². The molecule has 6 nitrogen and oxygen atoms in total. The van der Waals surface area contributed by atoms with E-state index < -0.39 is 11.7 Å². The highest BCUT2D eigenvalue weighted by Crippen LogP contribution is 2.35. The molecule has 0 bridgehead atoms. The summed E-state index contributed by atoms with van der Waals surface area (Å²) in [6.07, 6.45) is 0.388. The fourth-order valence-electron chi connectivity index (χ4n) is 2.40. The summed E-state index contributed by atoms with van der Waals surface area (Å²) in [6.45, 7) is 1.72. The van der Waals surface area contributed by atoms with Crippen molar-refractivity contribution < 1.29 is 14.4 Å². The van der Waals surface area contributed by atoms with Gasteiger partial charge in [-0.25, -0.2) is 0 Å². The van der Waals surface area contributed by atoms with E-state index in [9.17, 15) is 14.4 Å². The molecular formula is C13H12ClN3O3. The van der Waals surface area contributed by atoms with Crippen LogP contribution in [0.2, 0.25) is 5.02 Å². The average Bonchev–Trinajstić information content (AvgIpc) is 2.60. The van der Waals surface area contributed by atoms with E-state index in [0.29, 0.717) is 42.3 Å². The Morgan fingerprint density at radius 3 is 2.75 bits per heavy atom. The normalized spacial score (nSPS) is 18.4. The summed E-state index contributed by atoms with van der Waals surface area (Å²) >= 11 is 6.21. The quantitative estimate of drug-likeness (QED) is 0.751. The molecule has 2 amide bonds. The maximum atomic E-state index is 11.6. The molecule has 1 saturated heterocycles. The van der Waals surface area contributed by atoms with Gasteiger partial charge in [-0.15, -0.1) is 0 Å². The number of hydrogen-bond donors (Lipinski definition) is 2. The summed E-state index contributed by atoms with van der Waals surface area (Å²) < 4.78 is 0. The maximum absolute atomic E-state index is 11.6. The SMILES string of the molecule is O=C1CCN(c2cc3c(cc2Cl)C(=O)C(=O)N3)CCN1. The van der Waals surface area contributed by atoms with Gasteiger partial charge in [-0.05, 0) is 12.1 Å². The summed E-state index contributed by atoms with van der Waals surface area (Å²) in [6, 6.07) is 3.20. The smallest absolute Gasteiger partial charge is 0.296 e. The Balaban J connectivity index is 1.95. The molecule has 2 heterocycles. The van der Waals surface area contributed by atoms with Crippen LogP contribution in [0.1, 0.15) is 16.8 Å². The number of hydrogen-bond acceptors (Lipinski definition) is 4. The predicted octanol–water partition coefficient (Wildman–Crippen LogP) is 0.801. The van der Waals surface area contributed by atoms with Crippen LogP contribution in [0.25, 0.3) is 0 Å². The standard InChI is InChI=1S/C13H12ClN3O3/c14-8-5-7-9(16-13(20)12(7)19)6-10(8)17-3-1-11(18)15-2-4-17/h5-6H,1-4H2,(H,15,18)(H,16,19,20). The lowest BCUT2D eigenvalue weighted by atomic mass is 10.1. The number of ketones is 1. The third kappa shape index (κ3) is 2.12. The van der Waals surface area contributed by atoms with Gasteiger partial charge in [0.1, 0.15) is 0 Å². The lowest BCUT2D eigenvalue weighted by Crippen LogP contribution is -2.28. The van der Waals surface area contributed by atoms with E-state index in [1.807, 2.05) is 4.90 Å². The Bertz CT molecular complexity index is 630. The van der Waals surface area contributed by atoms with Crippen LogP contribution in [0.15, 0.2) is 12.1 Å². The fraction of sp³-hybridized carbons (Fsp3) is 0.308. The van der Waals surface area contributed by atoms with E-state index >= 15 is 0 Å². The molecule has 2 aliphatic rings. The van der Waals surface area contributed by atoms with Crippen LogP contribution in [0.3, 0.4) is 0 Å². The second-order valence-corrected chi connectivity index (χ2v) is 5.13. The largest absolute Gasteiger partial charge is 0.368 e. The van der Waals surface area contributed by atoms with E-state index in [1.165, 1.54) is 6.07 Å². The van der Waals surface area contributed by atoms with Gasteiger partial charge in [0.15, 0.2) is 0 Å². The van der Waals surface area contributed by atoms with Gasteiger partial charge < -0.3 is 15.5 Å². The van der Waals surface area contributed by atoms with Gasteiger partial charge >= 0.3 is 0 Å². The van der Waals surface area contributed by atoms with Gasteiger partial charge in [-0.1, -0.05) is 11.6 Å². The van der Waals surface area contributed by atoms with Crippen molar-refractivity contribution in [1.82, 2.24) is 5.32 Å². The molecule has 1 fully saturated rings. The number of anilines is 2. The number of carbonyl (C=O) groups excluding carboxylic acids is 3. The second kappa shape index (κ2) is 4.79. The molecule has 7 heteroatoms. The summed E-state index contributed by atoms with van der Waals surface area (Å²) in [5.41, 5.74) is 1.49. The Labute approximate surface area is 120 Å². The first-order valence-electron chi connectivity index (χ1n) is 6.27. The lowest BCUT2D eigenvalue weighted by molar-refractivity contribution is -0.120. The number of benzene rings is 1. The first-order valence-corrected chi connectivity index (χ1v) is 6.65. The Morgan fingerprint density at radius 2 is 1.95 bits per heavy atom. The molecule has 2 N–H and O–H groups in total. The number of nitrogens with one attached hydrogen (secondary N) is 2. The van der Waals surface area contributed by atoms with Gasteiger partial charge in [0.05, 0.1) is 22.0 Å². The van der Waals surface area contributed by atoms with Crippen molar-refractivity contribution in [1.29, 1.82) is 0 Å². The zero-order chi connectivity index (χ0) is 14.3. The van der Waals surface area contributed by atoms with Gasteiger partial charge in [0.2, 0.25) is 5.91 Å². The molecule has 0 spiro atoms. The number of amides is 2. The molecule has 0 atom stereocenters. The van der Waals surface area contributed by atoms with E-state index in [-0.39, 0.29) is 5.91 Å². The molecule has 0 unspecified atom stereocenters. The van der Waals surface area contributed by atoms with E-state index in [1.54, 1.807) is 6.07 Å². The molecule has 1 aromatic carbocycles. The van der Waals surface area contributed by atoms with Gasteiger partial charge in [0, 0.05) is 26.1 Å². The van der Waals surface area contributed by atoms with E-state index in [0.717, 1.165) is 5.69 Å². The molecule has 0 aromatic heterocycles. The topological polar surface area (TPSA) is 78.5 Å². The number of carbonyl (C=O) groups is 3. The van der Waals surface area contributed by atoms with Crippen molar-refractivity contribution in [3.63, 3.8) is 0 Å². The first kappa shape index (κ1) is 12.9. The van der Waals surface area contributed by atoms with E-state index in [2.05, 4.69) is 10.6 Å². The zero-order valence-electron chi connectivity index (χ0n) is 10.5. The number of nitrogens with zero attached hydrogens (tertiary/aromatic N) is 1. The van der Waals surface area contributed by atoms with Crippen molar-refractivity contribution in [3.8, 4) is 0 Å². The van der Waals surface area contributed by atoms with Crippen LogP contribution in [-0.4, -0.2) is 37.2 Å². The number of halogens is 1. The Kier molecular flexibility index (Phi) is 3.10. The Morgan fingerprint density at radius 1 is 1.15 bits per heavy atom. The third-order valence-corrected chi connectivity index (χ3v) is 3.74. The molecular weight excluding hydrogens is 282 g/mol. The van der Waals surface area contributed by atoms with Crippen molar-refractivity contribution in [3.05, 3.63) is 22.7 Å². The summed E-state index contributed by atoms with van der Waals surface area (Å²) in [5, 5.41) is 5.71. The highest BCUT2D eigenvalue weighted by Gasteiger charge is 2.30.